The number of primary amides is 1. The van der Waals surface area contributed by atoms with Gasteiger partial charge >= 0.3 is 0 Å². The Morgan fingerprint density at radius 1 is 1.10 bits per heavy atom. The number of carbonyl (C=O) groups is 2. The summed E-state index contributed by atoms with van der Waals surface area (Å²) < 4.78 is 13.4. The first-order valence-electron chi connectivity index (χ1n) is 9.74. The lowest BCUT2D eigenvalue weighted by Crippen LogP contribution is -2.30. The molecule has 0 atom stereocenters. The van der Waals surface area contributed by atoms with Crippen molar-refractivity contribution < 1.29 is 14.0 Å². The first kappa shape index (κ1) is 20.3. The summed E-state index contributed by atoms with van der Waals surface area (Å²) in [6, 6.07) is 16.1. The molecule has 0 bridgehead atoms. The Kier molecular flexibility index (Phi) is 5.92. The second-order valence-corrected chi connectivity index (χ2v) is 8.48. The molecule has 1 aromatic heterocycles. The summed E-state index contributed by atoms with van der Waals surface area (Å²) in [4.78, 5) is 28.0. The van der Waals surface area contributed by atoms with E-state index in [1.54, 1.807) is 12.1 Å². The van der Waals surface area contributed by atoms with E-state index in [4.69, 9.17) is 5.73 Å². The first-order valence-corrected chi connectivity index (χ1v) is 10.6. The Morgan fingerprint density at radius 2 is 1.87 bits per heavy atom. The van der Waals surface area contributed by atoms with Crippen LogP contribution >= 0.6 is 11.3 Å². The van der Waals surface area contributed by atoms with E-state index < -0.39 is 5.91 Å². The number of benzene rings is 2. The van der Waals surface area contributed by atoms with E-state index in [0.717, 1.165) is 23.5 Å². The fourth-order valence-electron chi connectivity index (χ4n) is 3.78. The van der Waals surface area contributed by atoms with Crippen LogP contribution in [0.5, 0.6) is 0 Å². The van der Waals surface area contributed by atoms with Crippen LogP contribution in [0.3, 0.4) is 0 Å². The van der Waals surface area contributed by atoms with Gasteiger partial charge in [0.2, 0.25) is 5.91 Å². The Bertz CT molecular complexity index is 1080. The number of amides is 2. The van der Waals surface area contributed by atoms with Crippen LogP contribution in [0.2, 0.25) is 0 Å². The molecule has 0 spiro atoms. The summed E-state index contributed by atoms with van der Waals surface area (Å²) in [6.07, 6.45) is 0.732. The van der Waals surface area contributed by atoms with Gasteiger partial charge in [-0.05, 0) is 35.2 Å². The van der Waals surface area contributed by atoms with Crippen LogP contribution in [0.1, 0.15) is 31.9 Å². The summed E-state index contributed by atoms with van der Waals surface area (Å²) in [5, 5.41) is 3.30. The topological polar surface area (TPSA) is 75.4 Å². The number of thiophene rings is 1. The van der Waals surface area contributed by atoms with Crippen LogP contribution in [-0.4, -0.2) is 23.3 Å². The van der Waals surface area contributed by atoms with Gasteiger partial charge in [0.1, 0.15) is 10.8 Å². The first-order chi connectivity index (χ1) is 14.5. The summed E-state index contributed by atoms with van der Waals surface area (Å²) in [5.74, 6) is -1.23. The third kappa shape index (κ3) is 4.58. The molecule has 1 aliphatic heterocycles. The molecule has 2 aromatic carbocycles. The molecule has 0 fully saturated rings. The summed E-state index contributed by atoms with van der Waals surface area (Å²) in [7, 11) is 0. The quantitative estimate of drug-likeness (QED) is 0.634. The van der Waals surface area contributed by atoms with E-state index in [1.807, 2.05) is 18.2 Å². The number of anilines is 1. The van der Waals surface area contributed by atoms with Crippen molar-refractivity contribution in [3.63, 3.8) is 0 Å². The number of hydrogen-bond acceptors (Lipinski definition) is 4. The highest BCUT2D eigenvalue weighted by Crippen LogP contribution is 2.37. The number of hydrogen-bond donors (Lipinski definition) is 2. The van der Waals surface area contributed by atoms with Crippen molar-refractivity contribution in [1.29, 1.82) is 0 Å². The fourth-order valence-corrected chi connectivity index (χ4v) is 5.10. The number of carbonyl (C=O) groups excluding carboxylic acids is 2. The van der Waals surface area contributed by atoms with E-state index in [-0.39, 0.29) is 18.1 Å². The summed E-state index contributed by atoms with van der Waals surface area (Å²) in [6.45, 7) is 2.34. The summed E-state index contributed by atoms with van der Waals surface area (Å²) in [5.41, 5.74) is 8.78. The van der Waals surface area contributed by atoms with Crippen LogP contribution in [0, 0.1) is 5.82 Å². The third-order valence-electron chi connectivity index (χ3n) is 5.14. The number of nitrogens with one attached hydrogen (secondary N) is 1. The van der Waals surface area contributed by atoms with Crippen LogP contribution < -0.4 is 11.1 Å². The van der Waals surface area contributed by atoms with Crippen molar-refractivity contribution >= 4 is 28.2 Å². The normalized spacial score (nSPS) is 13.6. The molecule has 2 amide bonds. The average molecular weight is 424 g/mol. The lowest BCUT2D eigenvalue weighted by atomic mass is 10.0. The van der Waals surface area contributed by atoms with Crippen molar-refractivity contribution in [2.45, 2.75) is 25.9 Å². The van der Waals surface area contributed by atoms with E-state index in [2.05, 4.69) is 22.3 Å². The van der Waals surface area contributed by atoms with Crippen molar-refractivity contribution in [2.75, 3.05) is 11.9 Å². The molecule has 154 valence electrons. The zero-order valence-electron chi connectivity index (χ0n) is 16.4. The van der Waals surface area contributed by atoms with Gasteiger partial charge in [-0.3, -0.25) is 14.5 Å². The van der Waals surface area contributed by atoms with E-state index in [9.17, 15) is 14.0 Å². The minimum Gasteiger partial charge on any atom is -0.365 e. The Labute approximate surface area is 178 Å². The SMILES string of the molecule is NC(=O)c1c(NC(=O)Cc2cccc(F)c2)sc2c1CCN(Cc1ccccc1)C2. The Balaban J connectivity index is 1.50. The van der Waals surface area contributed by atoms with Gasteiger partial charge in [-0.2, -0.15) is 0 Å². The molecule has 0 aliphatic carbocycles. The van der Waals surface area contributed by atoms with Gasteiger partial charge in [0.15, 0.2) is 0 Å². The maximum Gasteiger partial charge on any atom is 0.251 e. The molecule has 2 heterocycles. The molecule has 0 radical (unpaired) electrons. The highest BCUT2D eigenvalue weighted by atomic mass is 32.1. The van der Waals surface area contributed by atoms with Gasteiger partial charge in [0.05, 0.1) is 12.0 Å². The molecular formula is C23H22FN3O2S. The maximum atomic E-state index is 13.4. The maximum absolute atomic E-state index is 13.4. The monoisotopic (exact) mass is 423 g/mol. The number of halogens is 1. The van der Waals surface area contributed by atoms with Crippen molar-refractivity contribution in [3.8, 4) is 0 Å². The van der Waals surface area contributed by atoms with Gasteiger partial charge in [0, 0.05) is 24.5 Å². The molecule has 0 saturated carbocycles. The average Bonchev–Trinajstić information content (AvgIpc) is 3.05. The van der Waals surface area contributed by atoms with Gasteiger partial charge < -0.3 is 11.1 Å². The number of rotatable bonds is 6. The lowest BCUT2D eigenvalue weighted by Gasteiger charge is -2.27. The largest absolute Gasteiger partial charge is 0.365 e. The molecule has 5 nitrogen and oxygen atoms in total. The highest BCUT2D eigenvalue weighted by Gasteiger charge is 2.27. The second kappa shape index (κ2) is 8.77. The number of nitrogens with two attached hydrogens (primary N) is 1. The standard InChI is InChI=1S/C23H22FN3O2S/c24-17-8-4-7-16(11-17)12-20(28)26-23-21(22(25)29)18-9-10-27(14-19(18)30-23)13-15-5-2-1-3-6-15/h1-8,11H,9-10,12-14H2,(H2,25,29)(H,26,28). The van der Waals surface area contributed by atoms with Crippen LogP contribution in [-0.2, 0) is 30.7 Å². The minimum atomic E-state index is -0.537. The number of nitrogens with zero attached hydrogens (tertiary/aromatic N) is 1. The molecule has 30 heavy (non-hydrogen) atoms. The highest BCUT2D eigenvalue weighted by molar-refractivity contribution is 7.17. The van der Waals surface area contributed by atoms with Gasteiger partial charge in [0.25, 0.3) is 5.91 Å². The van der Waals surface area contributed by atoms with Crippen LogP contribution in [0.25, 0.3) is 0 Å². The summed E-state index contributed by atoms with van der Waals surface area (Å²) >= 11 is 1.40. The van der Waals surface area contributed by atoms with Gasteiger partial charge in [-0.1, -0.05) is 42.5 Å². The van der Waals surface area contributed by atoms with Crippen molar-refractivity contribution in [1.82, 2.24) is 4.90 Å². The van der Waals surface area contributed by atoms with E-state index >= 15 is 0 Å². The molecule has 0 unspecified atom stereocenters. The zero-order valence-corrected chi connectivity index (χ0v) is 17.2. The van der Waals surface area contributed by atoms with Gasteiger partial charge in [-0.25, -0.2) is 4.39 Å². The molecular weight excluding hydrogens is 401 g/mol. The number of fused-ring (bicyclic) bond motifs is 1. The zero-order chi connectivity index (χ0) is 21.1. The third-order valence-corrected chi connectivity index (χ3v) is 6.27. The van der Waals surface area contributed by atoms with E-state index in [0.29, 0.717) is 29.1 Å². The fraction of sp³-hybridized carbons (Fsp3) is 0.217. The lowest BCUT2D eigenvalue weighted by molar-refractivity contribution is -0.115. The van der Waals surface area contributed by atoms with Crippen LogP contribution in [0.15, 0.2) is 54.6 Å². The van der Waals surface area contributed by atoms with Crippen LogP contribution in [0.4, 0.5) is 9.39 Å². The molecule has 1 aliphatic rings. The smallest absolute Gasteiger partial charge is 0.251 e. The predicted octanol–water partition coefficient (Wildman–Crippen LogP) is 3.73. The second-order valence-electron chi connectivity index (χ2n) is 7.37. The molecule has 0 saturated heterocycles. The molecule has 3 aromatic rings. The Hall–Kier alpha value is -3.03. The minimum absolute atomic E-state index is 0.0264. The van der Waals surface area contributed by atoms with E-state index in [1.165, 1.54) is 29.0 Å². The molecule has 4 rings (SSSR count). The van der Waals surface area contributed by atoms with Gasteiger partial charge in [-0.15, -0.1) is 11.3 Å². The molecule has 7 heteroatoms. The molecule has 3 N–H and O–H groups in total. The van der Waals surface area contributed by atoms with Crippen molar-refractivity contribution in [2.24, 2.45) is 5.73 Å². The van der Waals surface area contributed by atoms with Crippen molar-refractivity contribution in [3.05, 3.63) is 87.5 Å². The predicted molar refractivity (Wildman–Crippen MR) is 116 cm³/mol. The Morgan fingerprint density at radius 3 is 2.60 bits per heavy atom.